The molecular formula is C27H21Cl2IN2O5. The van der Waals surface area contributed by atoms with Gasteiger partial charge in [0.2, 0.25) is 0 Å². The van der Waals surface area contributed by atoms with Crippen LogP contribution in [0.4, 0.5) is 10.5 Å². The summed E-state index contributed by atoms with van der Waals surface area (Å²) in [4.78, 5) is 39.5. The summed E-state index contributed by atoms with van der Waals surface area (Å²) in [5.41, 5.74) is 1.96. The minimum absolute atomic E-state index is 0.207. The van der Waals surface area contributed by atoms with Crippen LogP contribution in [-0.2, 0) is 16.2 Å². The third-order valence-corrected chi connectivity index (χ3v) is 7.13. The molecule has 4 rings (SSSR count). The van der Waals surface area contributed by atoms with Crippen LogP contribution in [0.2, 0.25) is 10.0 Å². The second kappa shape index (κ2) is 11.5. The topological polar surface area (TPSA) is 84.9 Å². The normalized spacial score (nSPS) is 14.7. The van der Waals surface area contributed by atoms with Crippen LogP contribution < -0.4 is 19.7 Å². The summed E-state index contributed by atoms with van der Waals surface area (Å²) >= 11 is 14.5. The predicted molar refractivity (Wildman–Crippen MR) is 151 cm³/mol. The Bertz CT molecular complexity index is 1440. The Labute approximate surface area is 237 Å². The second-order valence-electron chi connectivity index (χ2n) is 7.98. The molecule has 190 valence electrons. The molecule has 10 heteroatoms. The molecule has 0 saturated carbocycles. The SMILES string of the molecule is CCOc1cc(/C=C2\C(=O)NC(=O)N(c3cccc(Cl)c3C)C2=O)cc(I)c1OCc1ccccc1Cl. The molecule has 0 unspecified atom stereocenters. The van der Waals surface area contributed by atoms with Gasteiger partial charge in [-0.2, -0.15) is 0 Å². The Morgan fingerprint density at radius 2 is 1.73 bits per heavy atom. The first-order valence-electron chi connectivity index (χ1n) is 11.2. The zero-order chi connectivity index (χ0) is 26.7. The zero-order valence-electron chi connectivity index (χ0n) is 19.8. The van der Waals surface area contributed by atoms with Gasteiger partial charge in [0.1, 0.15) is 12.2 Å². The van der Waals surface area contributed by atoms with Crippen molar-refractivity contribution in [2.45, 2.75) is 20.5 Å². The maximum atomic E-state index is 13.3. The Kier molecular flexibility index (Phi) is 8.41. The van der Waals surface area contributed by atoms with Crippen LogP contribution in [0.5, 0.6) is 11.5 Å². The van der Waals surface area contributed by atoms with E-state index in [0.717, 1.165) is 10.5 Å². The van der Waals surface area contributed by atoms with Crippen molar-refractivity contribution < 1.29 is 23.9 Å². The van der Waals surface area contributed by atoms with Crippen molar-refractivity contribution in [1.29, 1.82) is 0 Å². The number of hydrogen-bond donors (Lipinski definition) is 1. The van der Waals surface area contributed by atoms with Crippen LogP contribution in [-0.4, -0.2) is 24.5 Å². The van der Waals surface area contributed by atoms with Crippen LogP contribution >= 0.6 is 45.8 Å². The van der Waals surface area contributed by atoms with Gasteiger partial charge in [-0.15, -0.1) is 0 Å². The molecular weight excluding hydrogens is 630 g/mol. The molecule has 1 heterocycles. The molecule has 1 aliphatic heterocycles. The van der Waals surface area contributed by atoms with Crippen molar-refractivity contribution in [2.75, 3.05) is 11.5 Å². The number of imide groups is 2. The van der Waals surface area contributed by atoms with E-state index in [2.05, 4.69) is 27.9 Å². The summed E-state index contributed by atoms with van der Waals surface area (Å²) in [6, 6.07) is 14.8. The summed E-state index contributed by atoms with van der Waals surface area (Å²) in [7, 11) is 0. The molecule has 1 saturated heterocycles. The lowest BCUT2D eigenvalue weighted by Crippen LogP contribution is -2.54. The Morgan fingerprint density at radius 1 is 1.00 bits per heavy atom. The summed E-state index contributed by atoms with van der Waals surface area (Å²) in [6.45, 7) is 4.13. The number of benzene rings is 3. The number of halogens is 3. The Hall–Kier alpha value is -3.08. The quantitative estimate of drug-likeness (QED) is 0.178. The number of ether oxygens (including phenoxy) is 2. The van der Waals surface area contributed by atoms with Gasteiger partial charge in [0.15, 0.2) is 11.5 Å². The van der Waals surface area contributed by atoms with Gasteiger partial charge in [-0.25, -0.2) is 9.69 Å². The molecule has 1 fully saturated rings. The van der Waals surface area contributed by atoms with Gasteiger partial charge in [-0.3, -0.25) is 14.9 Å². The van der Waals surface area contributed by atoms with E-state index in [0.29, 0.717) is 48.5 Å². The van der Waals surface area contributed by atoms with Gasteiger partial charge in [0.05, 0.1) is 15.9 Å². The maximum absolute atomic E-state index is 13.3. The lowest BCUT2D eigenvalue weighted by molar-refractivity contribution is -0.122. The van der Waals surface area contributed by atoms with E-state index >= 15 is 0 Å². The van der Waals surface area contributed by atoms with E-state index in [9.17, 15) is 14.4 Å². The van der Waals surface area contributed by atoms with Crippen molar-refractivity contribution in [3.63, 3.8) is 0 Å². The van der Waals surface area contributed by atoms with E-state index in [-0.39, 0.29) is 12.2 Å². The average Bonchev–Trinajstić information content (AvgIpc) is 2.85. The second-order valence-corrected chi connectivity index (χ2v) is 9.96. The monoisotopic (exact) mass is 650 g/mol. The number of carbonyl (C=O) groups excluding carboxylic acids is 3. The van der Waals surface area contributed by atoms with Crippen molar-refractivity contribution in [1.82, 2.24) is 5.32 Å². The van der Waals surface area contributed by atoms with E-state index < -0.39 is 17.8 Å². The van der Waals surface area contributed by atoms with Crippen LogP contribution in [0.1, 0.15) is 23.6 Å². The van der Waals surface area contributed by atoms with Crippen molar-refractivity contribution in [3.05, 3.63) is 90.5 Å². The molecule has 3 aromatic carbocycles. The summed E-state index contributed by atoms with van der Waals surface area (Å²) in [6.07, 6.45) is 1.42. The highest BCUT2D eigenvalue weighted by Gasteiger charge is 2.37. The number of anilines is 1. The molecule has 4 amide bonds. The van der Waals surface area contributed by atoms with Crippen LogP contribution in [0.3, 0.4) is 0 Å². The molecule has 0 atom stereocenters. The highest BCUT2D eigenvalue weighted by atomic mass is 127. The van der Waals surface area contributed by atoms with Gasteiger partial charge in [-0.05, 0) is 84.0 Å². The first-order chi connectivity index (χ1) is 17.7. The lowest BCUT2D eigenvalue weighted by atomic mass is 10.1. The minimum atomic E-state index is -0.842. The number of nitrogens with zero attached hydrogens (tertiary/aromatic N) is 1. The van der Waals surface area contributed by atoms with E-state index in [1.54, 1.807) is 43.3 Å². The minimum Gasteiger partial charge on any atom is -0.490 e. The van der Waals surface area contributed by atoms with E-state index in [1.807, 2.05) is 25.1 Å². The molecule has 37 heavy (non-hydrogen) atoms. The lowest BCUT2D eigenvalue weighted by Gasteiger charge is -2.27. The fourth-order valence-electron chi connectivity index (χ4n) is 3.72. The third-order valence-electron chi connectivity index (χ3n) is 5.55. The van der Waals surface area contributed by atoms with Crippen LogP contribution in [0, 0.1) is 10.5 Å². The molecule has 1 aliphatic rings. The van der Waals surface area contributed by atoms with E-state index in [1.165, 1.54) is 6.08 Å². The first kappa shape index (κ1) is 27.0. The molecule has 0 bridgehead atoms. The molecule has 0 aromatic heterocycles. The highest BCUT2D eigenvalue weighted by Crippen LogP contribution is 2.36. The fourth-order valence-corrected chi connectivity index (χ4v) is 4.86. The number of hydrogen-bond acceptors (Lipinski definition) is 5. The average molecular weight is 651 g/mol. The van der Waals surface area contributed by atoms with Crippen molar-refractivity contribution in [2.24, 2.45) is 0 Å². The van der Waals surface area contributed by atoms with Gasteiger partial charge in [0, 0.05) is 15.6 Å². The van der Waals surface area contributed by atoms with Crippen molar-refractivity contribution >= 4 is 75.4 Å². The number of rotatable bonds is 7. The van der Waals surface area contributed by atoms with Gasteiger partial charge in [-0.1, -0.05) is 47.5 Å². The Balaban J connectivity index is 1.69. The van der Waals surface area contributed by atoms with Gasteiger partial charge >= 0.3 is 6.03 Å². The summed E-state index contributed by atoms with van der Waals surface area (Å²) in [5, 5.41) is 3.21. The van der Waals surface area contributed by atoms with E-state index in [4.69, 9.17) is 32.7 Å². The maximum Gasteiger partial charge on any atom is 0.335 e. The molecule has 0 radical (unpaired) electrons. The third kappa shape index (κ3) is 5.76. The molecule has 1 N–H and O–H groups in total. The highest BCUT2D eigenvalue weighted by molar-refractivity contribution is 14.1. The van der Waals surface area contributed by atoms with Gasteiger partial charge < -0.3 is 9.47 Å². The molecule has 0 spiro atoms. The summed E-state index contributed by atoms with van der Waals surface area (Å²) in [5.74, 6) is -0.602. The molecule has 7 nitrogen and oxygen atoms in total. The zero-order valence-corrected chi connectivity index (χ0v) is 23.5. The van der Waals surface area contributed by atoms with Gasteiger partial charge in [0.25, 0.3) is 11.8 Å². The summed E-state index contributed by atoms with van der Waals surface area (Å²) < 4.78 is 12.5. The van der Waals surface area contributed by atoms with Crippen LogP contribution in [0.15, 0.2) is 60.2 Å². The Morgan fingerprint density at radius 3 is 2.46 bits per heavy atom. The van der Waals surface area contributed by atoms with Crippen molar-refractivity contribution in [3.8, 4) is 11.5 Å². The molecule has 3 aromatic rings. The smallest absolute Gasteiger partial charge is 0.335 e. The van der Waals surface area contributed by atoms with Crippen LogP contribution in [0.25, 0.3) is 6.08 Å². The first-order valence-corrected chi connectivity index (χ1v) is 13.0. The number of nitrogens with one attached hydrogen (secondary N) is 1. The number of carbonyl (C=O) groups is 3. The largest absolute Gasteiger partial charge is 0.490 e. The number of amides is 4. The fraction of sp³-hybridized carbons (Fsp3) is 0.148. The number of barbiturate groups is 1. The predicted octanol–water partition coefficient (Wildman–Crippen LogP) is 6.55. The molecule has 0 aliphatic carbocycles. The standard InChI is InChI=1S/C27H21Cl2IN2O5/c1-3-36-23-13-16(12-21(30)24(23)37-14-17-7-4-5-8-20(17)29)11-18-25(33)31-27(35)32(26(18)34)22-10-6-9-19(28)15(22)2/h4-13H,3,14H2,1-2H3,(H,31,33,35)/b18-11+. The number of urea groups is 1.